The molecule has 0 aromatic heterocycles. The van der Waals surface area contributed by atoms with Gasteiger partial charge in [0.25, 0.3) is 0 Å². The van der Waals surface area contributed by atoms with Gasteiger partial charge >= 0.3 is 0 Å². The summed E-state index contributed by atoms with van der Waals surface area (Å²) >= 11 is 0. The molecule has 0 spiro atoms. The highest BCUT2D eigenvalue weighted by Crippen LogP contribution is 2.16. The van der Waals surface area contributed by atoms with Gasteiger partial charge in [0.15, 0.2) is 0 Å². The minimum absolute atomic E-state index is 0.278. The van der Waals surface area contributed by atoms with Crippen LogP contribution in [0.4, 0.5) is 0 Å². The van der Waals surface area contributed by atoms with Crippen molar-refractivity contribution in [2.24, 2.45) is 0 Å². The van der Waals surface area contributed by atoms with Crippen LogP contribution in [0.3, 0.4) is 0 Å². The summed E-state index contributed by atoms with van der Waals surface area (Å²) in [7, 11) is 0. The van der Waals surface area contributed by atoms with Crippen LogP contribution < -0.4 is 5.32 Å². The summed E-state index contributed by atoms with van der Waals surface area (Å²) in [6.07, 6.45) is 0. The third kappa shape index (κ3) is 4.65. The SMILES string of the molecule is N#Cc1ccc(CNC(CN2CCOCC2)c2ccccc2)cc1. The van der Waals surface area contributed by atoms with Crippen molar-refractivity contribution in [2.45, 2.75) is 12.6 Å². The van der Waals surface area contributed by atoms with E-state index in [1.807, 2.05) is 24.3 Å². The van der Waals surface area contributed by atoms with Gasteiger partial charge in [-0.3, -0.25) is 4.90 Å². The average molecular weight is 321 g/mol. The van der Waals surface area contributed by atoms with Crippen molar-refractivity contribution in [3.63, 3.8) is 0 Å². The number of benzene rings is 2. The zero-order chi connectivity index (χ0) is 16.6. The second-order valence-electron chi connectivity index (χ2n) is 6.07. The van der Waals surface area contributed by atoms with Gasteiger partial charge in [-0.25, -0.2) is 0 Å². The Balaban J connectivity index is 1.65. The monoisotopic (exact) mass is 321 g/mol. The predicted octanol–water partition coefficient (Wildman–Crippen LogP) is 2.72. The normalized spacial score (nSPS) is 16.5. The van der Waals surface area contributed by atoms with Gasteiger partial charge in [0.05, 0.1) is 24.8 Å². The molecule has 3 rings (SSSR count). The molecule has 1 atom stereocenters. The van der Waals surface area contributed by atoms with Crippen LogP contribution in [0.2, 0.25) is 0 Å². The summed E-state index contributed by atoms with van der Waals surface area (Å²) in [5.41, 5.74) is 3.20. The van der Waals surface area contributed by atoms with Gasteiger partial charge < -0.3 is 10.1 Å². The first-order valence-corrected chi connectivity index (χ1v) is 8.42. The van der Waals surface area contributed by atoms with Gasteiger partial charge in [-0.1, -0.05) is 42.5 Å². The molecule has 4 heteroatoms. The van der Waals surface area contributed by atoms with Gasteiger partial charge in [0, 0.05) is 32.2 Å². The molecule has 124 valence electrons. The molecule has 0 radical (unpaired) electrons. The fourth-order valence-electron chi connectivity index (χ4n) is 2.95. The third-order valence-electron chi connectivity index (χ3n) is 4.38. The van der Waals surface area contributed by atoms with E-state index >= 15 is 0 Å². The van der Waals surface area contributed by atoms with Crippen molar-refractivity contribution in [1.82, 2.24) is 10.2 Å². The highest BCUT2D eigenvalue weighted by atomic mass is 16.5. The number of nitriles is 1. The Morgan fingerprint density at radius 3 is 2.42 bits per heavy atom. The summed E-state index contributed by atoms with van der Waals surface area (Å²) in [5, 5.41) is 12.6. The van der Waals surface area contributed by atoms with Crippen molar-refractivity contribution in [3.8, 4) is 6.07 Å². The van der Waals surface area contributed by atoms with Gasteiger partial charge in [0.1, 0.15) is 0 Å². The maximum Gasteiger partial charge on any atom is 0.0991 e. The van der Waals surface area contributed by atoms with Gasteiger partial charge in [-0.15, -0.1) is 0 Å². The lowest BCUT2D eigenvalue weighted by Crippen LogP contribution is -2.41. The Hall–Kier alpha value is -2.19. The van der Waals surface area contributed by atoms with Gasteiger partial charge in [-0.2, -0.15) is 5.26 Å². The summed E-state index contributed by atoms with van der Waals surface area (Å²) in [6, 6.07) is 20.8. The molecule has 2 aromatic rings. The number of nitrogens with zero attached hydrogens (tertiary/aromatic N) is 2. The van der Waals surface area contributed by atoms with Crippen LogP contribution >= 0.6 is 0 Å². The quantitative estimate of drug-likeness (QED) is 0.889. The molecular formula is C20H23N3O. The molecule has 24 heavy (non-hydrogen) atoms. The van der Waals surface area contributed by atoms with Crippen LogP contribution in [-0.4, -0.2) is 37.7 Å². The molecule has 0 bridgehead atoms. The van der Waals surface area contributed by atoms with Crippen LogP contribution in [-0.2, 0) is 11.3 Å². The maximum atomic E-state index is 8.90. The number of nitrogens with one attached hydrogen (secondary N) is 1. The number of hydrogen-bond donors (Lipinski definition) is 1. The molecule has 2 aromatic carbocycles. The molecule has 0 saturated carbocycles. The van der Waals surface area contributed by atoms with E-state index in [1.165, 1.54) is 11.1 Å². The Kier molecular flexibility index (Phi) is 5.97. The molecule has 4 nitrogen and oxygen atoms in total. The van der Waals surface area contributed by atoms with E-state index in [0.717, 1.165) is 39.4 Å². The Morgan fingerprint density at radius 1 is 1.04 bits per heavy atom. The molecule has 1 saturated heterocycles. The minimum atomic E-state index is 0.278. The summed E-state index contributed by atoms with van der Waals surface area (Å²) in [5.74, 6) is 0. The van der Waals surface area contributed by atoms with Crippen LogP contribution in [0, 0.1) is 11.3 Å². The fraction of sp³-hybridized carbons (Fsp3) is 0.350. The Labute approximate surface area is 143 Å². The molecule has 1 fully saturated rings. The zero-order valence-corrected chi connectivity index (χ0v) is 13.8. The molecule has 0 amide bonds. The minimum Gasteiger partial charge on any atom is -0.379 e. The van der Waals surface area contributed by atoms with Crippen LogP contribution in [0.15, 0.2) is 54.6 Å². The second kappa shape index (κ2) is 8.60. The second-order valence-corrected chi connectivity index (χ2v) is 6.07. The fourth-order valence-corrected chi connectivity index (χ4v) is 2.95. The summed E-state index contributed by atoms with van der Waals surface area (Å²) in [4.78, 5) is 2.45. The van der Waals surface area contributed by atoms with Gasteiger partial charge in [0.2, 0.25) is 0 Å². The smallest absolute Gasteiger partial charge is 0.0991 e. The van der Waals surface area contributed by atoms with E-state index in [2.05, 4.69) is 46.6 Å². The lowest BCUT2D eigenvalue weighted by Gasteiger charge is -2.31. The highest BCUT2D eigenvalue weighted by molar-refractivity contribution is 5.31. The predicted molar refractivity (Wildman–Crippen MR) is 94.4 cm³/mol. The van der Waals surface area contributed by atoms with E-state index < -0.39 is 0 Å². The van der Waals surface area contributed by atoms with Crippen molar-refractivity contribution in [1.29, 1.82) is 5.26 Å². The van der Waals surface area contributed by atoms with Crippen molar-refractivity contribution in [2.75, 3.05) is 32.8 Å². The first kappa shape index (κ1) is 16.7. The number of morpholine rings is 1. The van der Waals surface area contributed by atoms with Crippen LogP contribution in [0.25, 0.3) is 0 Å². The number of ether oxygens (including phenoxy) is 1. The largest absolute Gasteiger partial charge is 0.379 e. The topological polar surface area (TPSA) is 48.3 Å². The molecular weight excluding hydrogens is 298 g/mol. The average Bonchev–Trinajstić information content (AvgIpc) is 2.67. The highest BCUT2D eigenvalue weighted by Gasteiger charge is 2.17. The third-order valence-corrected chi connectivity index (χ3v) is 4.38. The van der Waals surface area contributed by atoms with E-state index in [0.29, 0.717) is 5.56 Å². The molecule has 1 N–H and O–H groups in total. The zero-order valence-electron chi connectivity index (χ0n) is 13.8. The van der Waals surface area contributed by atoms with Crippen molar-refractivity contribution in [3.05, 3.63) is 71.3 Å². The number of hydrogen-bond acceptors (Lipinski definition) is 4. The molecule has 1 unspecified atom stereocenters. The Morgan fingerprint density at radius 2 is 1.75 bits per heavy atom. The van der Waals surface area contributed by atoms with E-state index in [4.69, 9.17) is 10.00 Å². The van der Waals surface area contributed by atoms with Crippen molar-refractivity contribution < 1.29 is 4.74 Å². The molecule has 1 aliphatic rings. The summed E-state index contributed by atoms with van der Waals surface area (Å²) in [6.45, 7) is 5.37. The van der Waals surface area contributed by atoms with E-state index in [1.54, 1.807) is 0 Å². The standard InChI is InChI=1S/C20H23N3O/c21-14-17-6-8-18(9-7-17)15-22-20(19-4-2-1-3-5-19)16-23-10-12-24-13-11-23/h1-9,20,22H,10-13,15-16H2. The first-order chi connectivity index (χ1) is 11.8. The Bertz CT molecular complexity index is 658. The van der Waals surface area contributed by atoms with E-state index in [9.17, 15) is 0 Å². The van der Waals surface area contributed by atoms with E-state index in [-0.39, 0.29) is 6.04 Å². The first-order valence-electron chi connectivity index (χ1n) is 8.42. The van der Waals surface area contributed by atoms with Crippen LogP contribution in [0.1, 0.15) is 22.7 Å². The van der Waals surface area contributed by atoms with Crippen molar-refractivity contribution >= 4 is 0 Å². The molecule has 0 aliphatic carbocycles. The van der Waals surface area contributed by atoms with Crippen LogP contribution in [0.5, 0.6) is 0 Å². The van der Waals surface area contributed by atoms with Gasteiger partial charge in [-0.05, 0) is 23.3 Å². The summed E-state index contributed by atoms with van der Waals surface area (Å²) < 4.78 is 5.45. The maximum absolute atomic E-state index is 8.90. The lowest BCUT2D eigenvalue weighted by atomic mass is 10.1. The molecule has 1 heterocycles. The molecule has 1 aliphatic heterocycles. The lowest BCUT2D eigenvalue weighted by molar-refractivity contribution is 0.0333. The number of rotatable bonds is 6.